The van der Waals surface area contributed by atoms with Gasteiger partial charge in [0.2, 0.25) is 0 Å². The fourth-order valence-electron chi connectivity index (χ4n) is 1.74. The maximum atomic E-state index is 12.3. The third-order valence-electron chi connectivity index (χ3n) is 2.87. The van der Waals surface area contributed by atoms with Crippen molar-refractivity contribution in [1.82, 2.24) is 4.98 Å². The molecule has 102 valence electrons. The average Bonchev–Trinajstić information content (AvgIpc) is 2.53. The zero-order valence-electron chi connectivity index (χ0n) is 10.9. The lowest BCUT2D eigenvalue weighted by Gasteiger charge is -2.18. The van der Waals surface area contributed by atoms with Crippen LogP contribution in [0.4, 0.5) is 5.69 Å². The first kappa shape index (κ1) is 13.5. The highest BCUT2D eigenvalue weighted by Gasteiger charge is 2.13. The number of aromatic nitrogens is 1. The van der Waals surface area contributed by atoms with Gasteiger partial charge in [0, 0.05) is 36.3 Å². The summed E-state index contributed by atoms with van der Waals surface area (Å²) in [6.45, 7) is 0. The molecule has 0 aliphatic rings. The molecule has 0 unspecified atom stereocenters. The summed E-state index contributed by atoms with van der Waals surface area (Å²) in [6.07, 6.45) is 3.13. The molecule has 2 rings (SSSR count). The minimum absolute atomic E-state index is 0.00314. The molecular weight excluding hydrogens is 256 g/mol. The molecule has 0 spiro atoms. The lowest BCUT2D eigenvalue weighted by atomic mass is 10.1. The Morgan fingerprint density at radius 3 is 2.60 bits per heavy atom. The number of amides is 1. The Labute approximate surface area is 116 Å². The van der Waals surface area contributed by atoms with Gasteiger partial charge < -0.3 is 15.8 Å². The van der Waals surface area contributed by atoms with E-state index in [1.165, 1.54) is 4.90 Å². The Morgan fingerprint density at radius 1 is 1.25 bits per heavy atom. The molecule has 0 aliphatic heterocycles. The molecule has 0 saturated carbocycles. The largest absolute Gasteiger partial charge is 0.409 e. The summed E-state index contributed by atoms with van der Waals surface area (Å²) >= 11 is 0. The summed E-state index contributed by atoms with van der Waals surface area (Å²) in [4.78, 5) is 17.7. The summed E-state index contributed by atoms with van der Waals surface area (Å²) < 4.78 is 0. The van der Waals surface area contributed by atoms with E-state index >= 15 is 0 Å². The molecule has 20 heavy (non-hydrogen) atoms. The van der Waals surface area contributed by atoms with Crippen molar-refractivity contribution in [3.05, 3.63) is 59.9 Å². The molecule has 6 heteroatoms. The first-order valence-electron chi connectivity index (χ1n) is 5.89. The van der Waals surface area contributed by atoms with E-state index in [-0.39, 0.29) is 11.7 Å². The first-order chi connectivity index (χ1) is 9.63. The third-order valence-corrected chi connectivity index (χ3v) is 2.87. The van der Waals surface area contributed by atoms with Crippen molar-refractivity contribution in [1.29, 1.82) is 0 Å². The van der Waals surface area contributed by atoms with E-state index in [1.807, 2.05) is 0 Å². The van der Waals surface area contributed by atoms with E-state index in [9.17, 15) is 4.79 Å². The fourth-order valence-corrected chi connectivity index (χ4v) is 1.74. The molecule has 2 aromatic rings. The SMILES string of the molecule is CN(C(=O)c1ccncc1)c1cccc(C(N)=NO)c1. The second-order valence-corrected chi connectivity index (χ2v) is 4.14. The third kappa shape index (κ3) is 2.74. The Bertz CT molecular complexity index is 641. The van der Waals surface area contributed by atoms with Crippen LogP contribution in [0.3, 0.4) is 0 Å². The number of anilines is 1. The van der Waals surface area contributed by atoms with Crippen LogP contribution in [0.1, 0.15) is 15.9 Å². The van der Waals surface area contributed by atoms with Gasteiger partial charge in [-0.3, -0.25) is 9.78 Å². The number of nitrogens with two attached hydrogens (primary N) is 1. The van der Waals surface area contributed by atoms with Gasteiger partial charge in [-0.15, -0.1) is 0 Å². The van der Waals surface area contributed by atoms with Crippen LogP contribution in [0.2, 0.25) is 0 Å². The average molecular weight is 270 g/mol. The Hall–Kier alpha value is -2.89. The topological polar surface area (TPSA) is 91.8 Å². The van der Waals surface area contributed by atoms with Crippen LogP contribution >= 0.6 is 0 Å². The predicted octanol–water partition coefficient (Wildman–Crippen LogP) is 1.45. The number of pyridine rings is 1. The molecule has 0 saturated heterocycles. The molecule has 3 N–H and O–H groups in total. The molecular formula is C14H14N4O2. The fraction of sp³-hybridized carbons (Fsp3) is 0.0714. The maximum Gasteiger partial charge on any atom is 0.258 e. The lowest BCUT2D eigenvalue weighted by Crippen LogP contribution is -2.26. The number of benzene rings is 1. The van der Waals surface area contributed by atoms with E-state index < -0.39 is 0 Å². The number of oxime groups is 1. The van der Waals surface area contributed by atoms with Gasteiger partial charge in [-0.05, 0) is 24.3 Å². The Balaban J connectivity index is 2.30. The van der Waals surface area contributed by atoms with E-state index in [1.54, 1.807) is 55.8 Å². The van der Waals surface area contributed by atoms with Crippen molar-refractivity contribution >= 4 is 17.4 Å². The summed E-state index contributed by atoms with van der Waals surface area (Å²) in [5.74, 6) is -0.166. The first-order valence-corrected chi connectivity index (χ1v) is 5.89. The van der Waals surface area contributed by atoms with Crippen molar-refractivity contribution in [2.75, 3.05) is 11.9 Å². The molecule has 0 atom stereocenters. The number of amidine groups is 1. The standard InChI is InChI=1S/C14H14N4O2/c1-18(14(19)10-5-7-16-8-6-10)12-4-2-3-11(9-12)13(15)17-20/h2-9,20H,1H3,(H2,15,17). The summed E-state index contributed by atoms with van der Waals surface area (Å²) in [7, 11) is 1.66. The van der Waals surface area contributed by atoms with E-state index in [4.69, 9.17) is 10.9 Å². The number of carbonyl (C=O) groups excluding carboxylic acids is 1. The van der Waals surface area contributed by atoms with Crippen LogP contribution < -0.4 is 10.6 Å². The summed E-state index contributed by atoms with van der Waals surface area (Å²) in [5, 5.41) is 11.6. The predicted molar refractivity (Wildman–Crippen MR) is 75.9 cm³/mol. The molecule has 0 bridgehead atoms. The quantitative estimate of drug-likeness (QED) is 0.382. The van der Waals surface area contributed by atoms with Gasteiger partial charge in [0.25, 0.3) is 5.91 Å². The highest BCUT2D eigenvalue weighted by molar-refractivity contribution is 6.06. The van der Waals surface area contributed by atoms with Crippen LogP contribution in [0.25, 0.3) is 0 Å². The van der Waals surface area contributed by atoms with E-state index in [2.05, 4.69) is 10.1 Å². The van der Waals surface area contributed by atoms with Crippen LogP contribution in [0.15, 0.2) is 53.9 Å². The minimum Gasteiger partial charge on any atom is -0.409 e. The highest BCUT2D eigenvalue weighted by Crippen LogP contribution is 2.17. The van der Waals surface area contributed by atoms with Gasteiger partial charge in [-0.25, -0.2) is 0 Å². The van der Waals surface area contributed by atoms with Crippen molar-refractivity contribution in [2.24, 2.45) is 10.9 Å². The molecule has 0 fully saturated rings. The second-order valence-electron chi connectivity index (χ2n) is 4.14. The number of rotatable bonds is 3. The number of nitrogens with zero attached hydrogens (tertiary/aromatic N) is 3. The molecule has 6 nitrogen and oxygen atoms in total. The number of carbonyl (C=O) groups is 1. The summed E-state index contributed by atoms with van der Waals surface area (Å²) in [6, 6.07) is 10.2. The molecule has 1 aromatic carbocycles. The number of hydrogen-bond donors (Lipinski definition) is 2. The monoisotopic (exact) mass is 270 g/mol. The molecule has 1 amide bonds. The highest BCUT2D eigenvalue weighted by atomic mass is 16.4. The van der Waals surface area contributed by atoms with E-state index in [0.29, 0.717) is 16.8 Å². The van der Waals surface area contributed by atoms with Crippen LogP contribution in [0, 0.1) is 0 Å². The molecule has 1 heterocycles. The normalized spacial score (nSPS) is 11.2. The second kappa shape index (κ2) is 5.83. The smallest absolute Gasteiger partial charge is 0.258 e. The van der Waals surface area contributed by atoms with Crippen molar-refractivity contribution in [3.8, 4) is 0 Å². The van der Waals surface area contributed by atoms with Gasteiger partial charge in [0.15, 0.2) is 5.84 Å². The van der Waals surface area contributed by atoms with Crippen LogP contribution in [-0.4, -0.2) is 29.0 Å². The van der Waals surface area contributed by atoms with Gasteiger partial charge in [-0.2, -0.15) is 0 Å². The maximum absolute atomic E-state index is 12.3. The molecule has 0 radical (unpaired) electrons. The van der Waals surface area contributed by atoms with Gasteiger partial charge in [-0.1, -0.05) is 17.3 Å². The van der Waals surface area contributed by atoms with Gasteiger partial charge in [0.1, 0.15) is 0 Å². The van der Waals surface area contributed by atoms with Crippen molar-refractivity contribution in [3.63, 3.8) is 0 Å². The Kier molecular flexibility index (Phi) is 3.95. The zero-order valence-corrected chi connectivity index (χ0v) is 10.9. The van der Waals surface area contributed by atoms with E-state index in [0.717, 1.165) is 0 Å². The number of hydrogen-bond acceptors (Lipinski definition) is 4. The minimum atomic E-state index is -0.163. The van der Waals surface area contributed by atoms with Crippen LogP contribution in [0.5, 0.6) is 0 Å². The molecule has 1 aromatic heterocycles. The molecule has 0 aliphatic carbocycles. The van der Waals surface area contributed by atoms with Crippen molar-refractivity contribution < 1.29 is 10.0 Å². The summed E-state index contributed by atoms with van der Waals surface area (Å²) in [5.41, 5.74) is 7.27. The lowest BCUT2D eigenvalue weighted by molar-refractivity contribution is 0.0993. The van der Waals surface area contributed by atoms with Gasteiger partial charge >= 0.3 is 0 Å². The Morgan fingerprint density at radius 2 is 1.95 bits per heavy atom. The van der Waals surface area contributed by atoms with Crippen molar-refractivity contribution in [2.45, 2.75) is 0 Å². The van der Waals surface area contributed by atoms with Gasteiger partial charge in [0.05, 0.1) is 0 Å². The van der Waals surface area contributed by atoms with Crippen LogP contribution in [-0.2, 0) is 0 Å². The zero-order chi connectivity index (χ0) is 14.5.